The van der Waals surface area contributed by atoms with Gasteiger partial charge in [-0.1, -0.05) is 53.0 Å². The monoisotopic (exact) mass is 358 g/mol. The molecule has 2 rings (SSSR count). The maximum Gasteiger partial charge on any atom is 0.170 e. The zero-order valence-electron chi connectivity index (χ0n) is 11.0. The van der Waals surface area contributed by atoms with Gasteiger partial charge in [-0.25, -0.2) is 0 Å². The van der Waals surface area contributed by atoms with Crippen molar-refractivity contribution in [2.45, 2.75) is 6.42 Å². The van der Waals surface area contributed by atoms with Gasteiger partial charge in [0.15, 0.2) is 5.11 Å². The molecule has 110 valence electrons. The predicted molar refractivity (Wildman–Crippen MR) is 95.8 cm³/mol. The third kappa shape index (κ3) is 5.04. The Labute approximate surface area is 144 Å². The highest BCUT2D eigenvalue weighted by Gasteiger charge is 2.05. The molecule has 21 heavy (non-hydrogen) atoms. The summed E-state index contributed by atoms with van der Waals surface area (Å²) in [6.45, 7) is 0.714. The molecule has 2 nitrogen and oxygen atoms in total. The van der Waals surface area contributed by atoms with Crippen LogP contribution in [0.5, 0.6) is 0 Å². The highest BCUT2D eigenvalue weighted by molar-refractivity contribution is 7.80. The second-order valence-electron chi connectivity index (χ2n) is 4.36. The van der Waals surface area contributed by atoms with Crippen LogP contribution in [0.1, 0.15) is 5.56 Å². The maximum atomic E-state index is 6.09. The van der Waals surface area contributed by atoms with Gasteiger partial charge in [-0.2, -0.15) is 0 Å². The van der Waals surface area contributed by atoms with Gasteiger partial charge in [0.25, 0.3) is 0 Å². The zero-order valence-corrected chi connectivity index (χ0v) is 14.1. The van der Waals surface area contributed by atoms with Gasteiger partial charge in [-0.15, -0.1) is 0 Å². The van der Waals surface area contributed by atoms with E-state index in [0.29, 0.717) is 27.4 Å². The molecule has 0 aliphatic rings. The lowest BCUT2D eigenvalue weighted by Crippen LogP contribution is -2.30. The third-order valence-corrected chi connectivity index (χ3v) is 4.13. The van der Waals surface area contributed by atoms with Crippen molar-refractivity contribution >= 4 is 57.8 Å². The molecular formula is C15H13Cl3N2S. The van der Waals surface area contributed by atoms with Gasteiger partial charge in [0, 0.05) is 11.6 Å². The molecule has 2 aromatic rings. The second kappa shape index (κ2) is 7.85. The number of hydrogen-bond donors (Lipinski definition) is 2. The molecule has 0 saturated heterocycles. The SMILES string of the molecule is S=C(NCCc1ccc(Cl)cc1)Nc1cccc(Cl)c1Cl. The number of benzene rings is 2. The van der Waals surface area contributed by atoms with Crippen LogP contribution in [0.4, 0.5) is 5.69 Å². The van der Waals surface area contributed by atoms with Gasteiger partial charge >= 0.3 is 0 Å². The summed E-state index contributed by atoms with van der Waals surface area (Å²) in [7, 11) is 0. The summed E-state index contributed by atoms with van der Waals surface area (Å²) in [5.74, 6) is 0. The Morgan fingerprint density at radius 3 is 2.43 bits per heavy atom. The molecular weight excluding hydrogens is 347 g/mol. The van der Waals surface area contributed by atoms with E-state index in [1.54, 1.807) is 6.07 Å². The minimum atomic E-state index is 0.459. The molecule has 0 spiro atoms. The first-order valence-corrected chi connectivity index (χ1v) is 7.84. The molecule has 0 fully saturated rings. The van der Waals surface area contributed by atoms with E-state index in [9.17, 15) is 0 Å². The van der Waals surface area contributed by atoms with Crippen molar-refractivity contribution in [2.24, 2.45) is 0 Å². The van der Waals surface area contributed by atoms with Gasteiger partial charge in [-0.3, -0.25) is 0 Å². The van der Waals surface area contributed by atoms with Gasteiger partial charge in [0.05, 0.1) is 15.7 Å². The van der Waals surface area contributed by atoms with Crippen LogP contribution < -0.4 is 10.6 Å². The molecule has 0 radical (unpaired) electrons. The van der Waals surface area contributed by atoms with Gasteiger partial charge in [0.1, 0.15) is 0 Å². The molecule has 0 heterocycles. The summed E-state index contributed by atoms with van der Waals surface area (Å²) < 4.78 is 0. The molecule has 0 aliphatic carbocycles. The van der Waals surface area contributed by atoms with Crippen LogP contribution in [0.15, 0.2) is 42.5 Å². The Balaban J connectivity index is 1.82. The first-order valence-electron chi connectivity index (χ1n) is 6.29. The molecule has 0 aromatic heterocycles. The topological polar surface area (TPSA) is 24.1 Å². The van der Waals surface area contributed by atoms with Crippen molar-refractivity contribution in [1.82, 2.24) is 5.32 Å². The smallest absolute Gasteiger partial charge is 0.170 e. The fourth-order valence-corrected chi connectivity index (χ4v) is 2.42. The van der Waals surface area contributed by atoms with Crippen LogP contribution in [0.25, 0.3) is 0 Å². The van der Waals surface area contributed by atoms with Crippen molar-refractivity contribution in [3.63, 3.8) is 0 Å². The molecule has 0 saturated carbocycles. The predicted octanol–water partition coefficient (Wildman–Crippen LogP) is 5.18. The number of rotatable bonds is 4. The van der Waals surface area contributed by atoms with E-state index in [4.69, 9.17) is 47.0 Å². The lowest BCUT2D eigenvalue weighted by molar-refractivity contribution is 0.873. The molecule has 0 atom stereocenters. The summed E-state index contributed by atoms with van der Waals surface area (Å²) in [4.78, 5) is 0. The Morgan fingerprint density at radius 2 is 1.71 bits per heavy atom. The lowest BCUT2D eigenvalue weighted by atomic mass is 10.1. The van der Waals surface area contributed by atoms with Gasteiger partial charge < -0.3 is 10.6 Å². The third-order valence-electron chi connectivity index (χ3n) is 2.81. The van der Waals surface area contributed by atoms with Crippen molar-refractivity contribution in [2.75, 3.05) is 11.9 Å². The normalized spacial score (nSPS) is 10.2. The Morgan fingerprint density at radius 1 is 1.00 bits per heavy atom. The molecule has 0 aliphatic heterocycles. The Kier molecular flexibility index (Phi) is 6.12. The average Bonchev–Trinajstić information content (AvgIpc) is 2.46. The Bertz CT molecular complexity index is 629. The maximum absolute atomic E-state index is 6.09. The summed E-state index contributed by atoms with van der Waals surface area (Å²) >= 11 is 23.1. The average molecular weight is 360 g/mol. The van der Waals surface area contributed by atoms with Crippen LogP contribution in [0.2, 0.25) is 15.1 Å². The van der Waals surface area contributed by atoms with Crippen LogP contribution >= 0.6 is 47.0 Å². The number of halogens is 3. The van der Waals surface area contributed by atoms with E-state index in [1.165, 1.54) is 5.56 Å². The van der Waals surface area contributed by atoms with E-state index >= 15 is 0 Å². The summed E-state index contributed by atoms with van der Waals surface area (Å²) in [5, 5.41) is 8.35. The van der Waals surface area contributed by atoms with Gasteiger partial charge in [-0.05, 0) is 48.5 Å². The molecule has 0 bridgehead atoms. The van der Waals surface area contributed by atoms with Crippen molar-refractivity contribution in [1.29, 1.82) is 0 Å². The van der Waals surface area contributed by atoms with Crippen LogP contribution in [0, 0.1) is 0 Å². The minimum absolute atomic E-state index is 0.459. The molecule has 2 N–H and O–H groups in total. The molecule has 0 amide bonds. The minimum Gasteiger partial charge on any atom is -0.362 e. The van der Waals surface area contributed by atoms with Crippen molar-refractivity contribution in [3.8, 4) is 0 Å². The van der Waals surface area contributed by atoms with E-state index in [-0.39, 0.29) is 0 Å². The number of hydrogen-bond acceptors (Lipinski definition) is 1. The van der Waals surface area contributed by atoms with E-state index in [0.717, 1.165) is 11.4 Å². The summed E-state index contributed by atoms with van der Waals surface area (Å²) in [5.41, 5.74) is 1.88. The Hall–Kier alpha value is -1.000. The molecule has 2 aromatic carbocycles. The largest absolute Gasteiger partial charge is 0.362 e. The van der Waals surface area contributed by atoms with Crippen LogP contribution in [0.3, 0.4) is 0 Å². The van der Waals surface area contributed by atoms with Crippen LogP contribution in [-0.2, 0) is 6.42 Å². The highest BCUT2D eigenvalue weighted by Crippen LogP contribution is 2.29. The van der Waals surface area contributed by atoms with Crippen molar-refractivity contribution < 1.29 is 0 Å². The molecule has 6 heteroatoms. The quantitative estimate of drug-likeness (QED) is 0.736. The fraction of sp³-hybridized carbons (Fsp3) is 0.133. The standard InChI is InChI=1S/C15H13Cl3N2S/c16-11-6-4-10(5-7-11)8-9-19-15(21)20-13-3-1-2-12(17)14(13)18/h1-7H,8-9H2,(H2,19,20,21). The first kappa shape index (κ1) is 16.4. The van der Waals surface area contributed by atoms with Gasteiger partial charge in [0.2, 0.25) is 0 Å². The number of anilines is 1. The van der Waals surface area contributed by atoms with E-state index in [2.05, 4.69) is 10.6 Å². The summed E-state index contributed by atoms with van der Waals surface area (Å²) in [6, 6.07) is 13.1. The number of nitrogens with one attached hydrogen (secondary N) is 2. The zero-order chi connectivity index (χ0) is 15.2. The summed E-state index contributed by atoms with van der Waals surface area (Å²) in [6.07, 6.45) is 0.849. The first-order chi connectivity index (χ1) is 10.1. The second-order valence-corrected chi connectivity index (χ2v) is 5.99. The van der Waals surface area contributed by atoms with E-state index in [1.807, 2.05) is 36.4 Å². The van der Waals surface area contributed by atoms with E-state index < -0.39 is 0 Å². The number of thiocarbonyl (C=S) groups is 1. The highest BCUT2D eigenvalue weighted by atomic mass is 35.5. The lowest BCUT2D eigenvalue weighted by Gasteiger charge is -2.12. The fourth-order valence-electron chi connectivity index (χ4n) is 1.74. The molecule has 0 unspecified atom stereocenters. The van der Waals surface area contributed by atoms with Crippen LogP contribution in [-0.4, -0.2) is 11.7 Å². The van der Waals surface area contributed by atoms with Crippen molar-refractivity contribution in [3.05, 3.63) is 63.1 Å².